The molecular weight excluding hydrogens is 714 g/mol. The van der Waals surface area contributed by atoms with Crippen LogP contribution >= 0.6 is 11.3 Å². The molecule has 8 rings (SSSR count). The molecule has 15 heteroatoms. The topological polar surface area (TPSA) is 81.3 Å². The van der Waals surface area contributed by atoms with E-state index in [9.17, 15) is 22.4 Å². The van der Waals surface area contributed by atoms with E-state index in [0.717, 1.165) is 28.7 Å². The summed E-state index contributed by atoms with van der Waals surface area (Å²) in [5, 5.41) is 7.44. The zero-order valence-corrected chi connectivity index (χ0v) is 29.2. The Morgan fingerprint density at radius 3 is 2.66 bits per heavy atom. The predicted octanol–water partition coefficient (Wildman–Crippen LogP) is 7.93. The van der Waals surface area contributed by atoms with Crippen LogP contribution in [-0.4, -0.2) is 78.5 Å². The maximum atomic E-state index is 16.4. The number of amides is 1. The van der Waals surface area contributed by atoms with Gasteiger partial charge in [0, 0.05) is 60.0 Å². The van der Waals surface area contributed by atoms with Gasteiger partial charge in [-0.1, -0.05) is 18.7 Å². The van der Waals surface area contributed by atoms with Crippen molar-refractivity contribution in [2.75, 3.05) is 26.2 Å². The number of hydrogen-bond donors (Lipinski definition) is 0. The summed E-state index contributed by atoms with van der Waals surface area (Å²) in [6, 6.07) is 10.7. The van der Waals surface area contributed by atoms with Gasteiger partial charge in [-0.3, -0.25) is 14.4 Å². The lowest BCUT2D eigenvalue weighted by Crippen LogP contribution is -2.40. The van der Waals surface area contributed by atoms with E-state index in [-0.39, 0.29) is 42.4 Å². The summed E-state index contributed by atoms with van der Waals surface area (Å²) in [4.78, 5) is 25.3. The maximum absolute atomic E-state index is 16.4. The largest absolute Gasteiger partial charge is 0.488 e. The molecule has 6 aromatic rings. The molecule has 0 N–H and O–H groups in total. The fourth-order valence-corrected chi connectivity index (χ4v) is 8.33. The second-order valence-corrected chi connectivity index (χ2v) is 14.1. The zero-order chi connectivity index (χ0) is 37.2. The first-order valence-electron chi connectivity index (χ1n) is 16.8. The van der Waals surface area contributed by atoms with E-state index < -0.39 is 36.5 Å². The predicted molar refractivity (Wildman–Crippen MR) is 192 cm³/mol. The van der Waals surface area contributed by atoms with Crippen LogP contribution in [0.1, 0.15) is 18.2 Å². The minimum absolute atomic E-state index is 0.0673. The first-order valence-corrected chi connectivity index (χ1v) is 17.7. The van der Waals surface area contributed by atoms with Gasteiger partial charge in [0.15, 0.2) is 0 Å². The van der Waals surface area contributed by atoms with Crippen molar-refractivity contribution in [1.29, 1.82) is 0 Å². The van der Waals surface area contributed by atoms with Crippen LogP contribution in [0.3, 0.4) is 0 Å². The van der Waals surface area contributed by atoms with Crippen LogP contribution < -0.4 is 4.74 Å². The third-order valence-electron chi connectivity index (χ3n) is 9.73. The quantitative estimate of drug-likeness (QED) is 0.0895. The van der Waals surface area contributed by atoms with Crippen LogP contribution in [0, 0.1) is 11.6 Å². The van der Waals surface area contributed by atoms with Crippen molar-refractivity contribution >= 4 is 38.4 Å². The maximum Gasteiger partial charge on any atom is 0.401 e. The van der Waals surface area contributed by atoms with Gasteiger partial charge in [-0.25, -0.2) is 18.7 Å². The number of benzene rings is 2. The summed E-state index contributed by atoms with van der Waals surface area (Å²) in [6.07, 6.45) is -0.323. The zero-order valence-electron chi connectivity index (χ0n) is 28.4. The van der Waals surface area contributed by atoms with Gasteiger partial charge in [0.05, 0.1) is 53.4 Å². The second-order valence-electron chi connectivity index (χ2n) is 13.1. The summed E-state index contributed by atoms with van der Waals surface area (Å²) in [5.74, 6) is -2.26. The number of thiophene rings is 1. The van der Waals surface area contributed by atoms with Gasteiger partial charge in [0.2, 0.25) is 5.91 Å². The summed E-state index contributed by atoms with van der Waals surface area (Å²) < 4.78 is 81.5. The average molecular weight is 746 g/mol. The van der Waals surface area contributed by atoms with E-state index in [1.807, 2.05) is 41.3 Å². The molecule has 9 nitrogen and oxygen atoms in total. The van der Waals surface area contributed by atoms with Crippen molar-refractivity contribution in [3.63, 3.8) is 0 Å². The smallest absolute Gasteiger partial charge is 0.401 e. The number of carbonyl (C=O) groups is 1. The Morgan fingerprint density at radius 2 is 1.89 bits per heavy atom. The highest BCUT2D eigenvalue weighted by Crippen LogP contribution is 2.48. The Hall–Kier alpha value is -5.41. The number of carbonyl (C=O) groups excluding carboxylic acids is 1. The highest BCUT2D eigenvalue weighted by atomic mass is 32.1. The van der Waals surface area contributed by atoms with Gasteiger partial charge in [0.1, 0.15) is 34.9 Å². The van der Waals surface area contributed by atoms with E-state index in [0.29, 0.717) is 45.8 Å². The Bertz CT molecular complexity index is 2430. The first-order chi connectivity index (χ1) is 25.4. The summed E-state index contributed by atoms with van der Waals surface area (Å²) in [7, 11) is 1.90. The van der Waals surface area contributed by atoms with Gasteiger partial charge in [-0.15, -0.1) is 17.9 Å². The normalized spacial score (nSPS) is 17.8. The van der Waals surface area contributed by atoms with E-state index in [4.69, 9.17) is 14.8 Å². The van der Waals surface area contributed by atoms with Crippen LogP contribution in [0.4, 0.5) is 22.0 Å². The summed E-state index contributed by atoms with van der Waals surface area (Å²) in [5.41, 5.74) is 4.46. The van der Waals surface area contributed by atoms with Crippen LogP contribution in [0.15, 0.2) is 79.5 Å². The molecule has 0 radical (unpaired) electrons. The molecule has 272 valence electrons. The molecule has 1 fully saturated rings. The molecule has 1 unspecified atom stereocenters. The van der Waals surface area contributed by atoms with E-state index in [1.54, 1.807) is 28.1 Å². The number of alkyl halides is 3. The number of halogens is 5. The molecule has 2 aliphatic rings. The van der Waals surface area contributed by atoms with Crippen LogP contribution in [-0.2, 0) is 18.4 Å². The van der Waals surface area contributed by atoms with Crippen LogP contribution in [0.25, 0.3) is 54.9 Å². The Labute approximate surface area is 304 Å². The monoisotopic (exact) mass is 745 g/mol. The lowest BCUT2D eigenvalue weighted by Gasteiger charge is -2.33. The molecular formula is C38H32F5N7O2S. The molecule has 2 aliphatic heterocycles. The van der Waals surface area contributed by atoms with Crippen molar-refractivity contribution in [1.82, 2.24) is 34.1 Å². The molecule has 1 saturated heterocycles. The number of ether oxygens (including phenoxy) is 1. The molecule has 53 heavy (non-hydrogen) atoms. The van der Waals surface area contributed by atoms with Gasteiger partial charge in [-0.2, -0.15) is 18.3 Å². The van der Waals surface area contributed by atoms with Crippen LogP contribution in [0.2, 0.25) is 0 Å². The average Bonchev–Trinajstić information content (AvgIpc) is 3.93. The number of aromatic nitrogens is 5. The molecule has 0 saturated carbocycles. The van der Waals surface area contributed by atoms with Crippen LogP contribution in [0.5, 0.6) is 5.75 Å². The molecule has 0 aliphatic carbocycles. The number of fused-ring (bicyclic) bond motifs is 3. The van der Waals surface area contributed by atoms with E-state index >= 15 is 4.39 Å². The number of likely N-dealkylation sites (tertiary alicyclic amines) is 1. The first kappa shape index (κ1) is 34.7. The highest BCUT2D eigenvalue weighted by Gasteiger charge is 2.36. The number of imidazole rings is 1. The number of pyridine rings is 1. The SMILES string of the molecule is C=CC(=O)N1CCn2nc(-c3nc(-c4ccc5c(c4)ncn5C)c4ccsc4c3-c3c(F)cc(F)cc3OC3CCN(CC(F)(F)F)C3)cc2[C@H]1C=C. The molecule has 6 heterocycles. The number of nitrogens with zero attached hydrogens (tertiary/aromatic N) is 7. The minimum atomic E-state index is -4.40. The lowest BCUT2D eigenvalue weighted by molar-refractivity contribution is -0.144. The Morgan fingerprint density at radius 1 is 1.06 bits per heavy atom. The molecule has 2 atom stereocenters. The highest BCUT2D eigenvalue weighted by molar-refractivity contribution is 7.18. The minimum Gasteiger partial charge on any atom is -0.488 e. The molecule has 2 aromatic carbocycles. The van der Waals surface area contributed by atoms with Crippen molar-refractivity contribution in [3.05, 3.63) is 96.8 Å². The van der Waals surface area contributed by atoms with Crippen molar-refractivity contribution in [2.45, 2.75) is 31.3 Å². The van der Waals surface area contributed by atoms with Crippen molar-refractivity contribution in [2.24, 2.45) is 7.05 Å². The lowest BCUT2D eigenvalue weighted by atomic mass is 9.96. The molecule has 1 amide bonds. The third kappa shape index (κ3) is 6.27. The van der Waals surface area contributed by atoms with Crippen molar-refractivity contribution in [3.8, 4) is 39.5 Å². The van der Waals surface area contributed by atoms with Gasteiger partial charge in [0.25, 0.3) is 0 Å². The standard InChI is InChI=1S/C38H32F5N7O2S/c1-4-28-30-17-27(46-50(30)12-11-49(28)32(51)5-2)36-34(33-25(40)15-22(39)16-31(33)52-23-8-10-48(18-23)19-38(41,42)43)37-24(9-13-53-37)35(45-36)21-6-7-29-26(14-21)44-20-47(29)3/h4-7,9,13-17,20,23,28H,1-2,8,10-12,18-19H2,3H3/t23?,28-/m1/s1. The van der Waals surface area contributed by atoms with Gasteiger partial charge in [-0.05, 0) is 42.1 Å². The Kier molecular flexibility index (Phi) is 8.65. The molecule has 4 aromatic heterocycles. The number of rotatable bonds is 8. The fraction of sp³-hybridized carbons (Fsp3) is 0.263. The summed E-state index contributed by atoms with van der Waals surface area (Å²) in [6.45, 7) is 7.22. The van der Waals surface area contributed by atoms with Gasteiger partial charge >= 0.3 is 6.18 Å². The summed E-state index contributed by atoms with van der Waals surface area (Å²) >= 11 is 1.33. The van der Waals surface area contributed by atoms with Gasteiger partial charge < -0.3 is 14.2 Å². The molecule has 0 bridgehead atoms. The molecule has 0 spiro atoms. The number of hydrogen-bond acceptors (Lipinski definition) is 7. The van der Waals surface area contributed by atoms with E-state index in [1.165, 1.54) is 22.3 Å². The second kappa shape index (κ2) is 13.2. The Balaban J connectivity index is 1.33. The van der Waals surface area contributed by atoms with E-state index in [2.05, 4.69) is 18.1 Å². The number of aryl methyl sites for hydroxylation is 1. The van der Waals surface area contributed by atoms with Crippen molar-refractivity contribution < 1.29 is 31.5 Å². The fourth-order valence-electron chi connectivity index (χ4n) is 7.38. The third-order valence-corrected chi connectivity index (χ3v) is 10.7.